The van der Waals surface area contributed by atoms with E-state index in [1.807, 2.05) is 60.7 Å². The summed E-state index contributed by atoms with van der Waals surface area (Å²) >= 11 is 1.67. The molecule has 162 valence electrons. The van der Waals surface area contributed by atoms with Gasteiger partial charge in [0.05, 0.1) is 0 Å². The molecule has 4 nitrogen and oxygen atoms in total. The second-order valence-corrected chi connectivity index (χ2v) is 8.22. The molecule has 0 saturated carbocycles. The van der Waals surface area contributed by atoms with Gasteiger partial charge < -0.3 is 15.9 Å². The number of amides is 1. The maximum Gasteiger partial charge on any atom is 0.204 e. The second kappa shape index (κ2) is 11.6. The predicted molar refractivity (Wildman–Crippen MR) is 130 cm³/mol. The topological polar surface area (TPSA) is 83.6 Å². The maximum atomic E-state index is 10.5. The van der Waals surface area contributed by atoms with E-state index in [2.05, 4.69) is 36.1 Å². The summed E-state index contributed by atoms with van der Waals surface area (Å²) in [5.74, 6) is -0.151. The molecule has 0 aliphatic heterocycles. The Labute approximate surface area is 192 Å². The lowest BCUT2D eigenvalue weighted by Crippen LogP contribution is -1.92. The summed E-state index contributed by atoms with van der Waals surface area (Å²) in [6, 6.07) is 32.1. The van der Waals surface area contributed by atoms with Gasteiger partial charge in [-0.1, -0.05) is 72.4 Å². The third-order valence-electron chi connectivity index (χ3n) is 4.82. The molecule has 0 radical (unpaired) electrons. The van der Waals surface area contributed by atoms with Crippen molar-refractivity contribution in [3.05, 3.63) is 108 Å². The highest BCUT2D eigenvalue weighted by Gasteiger charge is 2.12. The number of benzene rings is 4. The van der Waals surface area contributed by atoms with Crippen LogP contribution in [0.2, 0.25) is 0 Å². The predicted octanol–water partition coefficient (Wildman–Crippen LogP) is 5.80. The number of rotatable bonds is 6. The van der Waals surface area contributed by atoms with Crippen molar-refractivity contribution in [2.24, 2.45) is 5.73 Å². The van der Waals surface area contributed by atoms with Crippen LogP contribution in [-0.2, 0) is 17.6 Å². The number of hydrogen-bond acceptors (Lipinski definition) is 4. The van der Waals surface area contributed by atoms with Gasteiger partial charge in [0.2, 0.25) is 6.41 Å². The van der Waals surface area contributed by atoms with Crippen molar-refractivity contribution in [2.45, 2.75) is 22.6 Å². The first-order valence-corrected chi connectivity index (χ1v) is 11.0. The minimum Gasteiger partial charge on any atom is -0.504 e. The Kier molecular flexibility index (Phi) is 8.35. The summed E-state index contributed by atoms with van der Waals surface area (Å²) in [6.45, 7) is 0. The minimum absolute atomic E-state index is 0.0738. The van der Waals surface area contributed by atoms with Crippen LogP contribution in [0.1, 0.15) is 11.1 Å². The van der Waals surface area contributed by atoms with E-state index in [1.54, 1.807) is 17.8 Å². The van der Waals surface area contributed by atoms with Crippen LogP contribution < -0.4 is 5.73 Å². The highest BCUT2D eigenvalue weighted by atomic mass is 32.2. The molecule has 32 heavy (non-hydrogen) atoms. The van der Waals surface area contributed by atoms with Crippen molar-refractivity contribution in [1.82, 2.24) is 0 Å². The third-order valence-corrected chi connectivity index (χ3v) is 5.82. The molecule has 0 aliphatic rings. The Morgan fingerprint density at radius 3 is 2.00 bits per heavy atom. The molecule has 4 aromatic rings. The summed E-state index contributed by atoms with van der Waals surface area (Å²) in [7, 11) is 0. The van der Waals surface area contributed by atoms with Gasteiger partial charge in [0, 0.05) is 15.4 Å². The van der Waals surface area contributed by atoms with E-state index in [1.165, 1.54) is 5.56 Å². The van der Waals surface area contributed by atoms with Gasteiger partial charge in [-0.2, -0.15) is 0 Å². The average molecular weight is 444 g/mol. The van der Waals surface area contributed by atoms with Gasteiger partial charge in [-0.3, -0.25) is 4.79 Å². The molecule has 0 fully saturated rings. The molecule has 0 aromatic heterocycles. The van der Waals surface area contributed by atoms with Crippen LogP contribution in [0, 0.1) is 0 Å². The zero-order chi connectivity index (χ0) is 22.8. The molecule has 5 heteroatoms. The molecule has 4 aromatic carbocycles. The van der Waals surface area contributed by atoms with Gasteiger partial charge in [-0.25, -0.2) is 0 Å². The molecular weight excluding hydrogens is 418 g/mol. The molecule has 0 atom stereocenters. The number of aromatic hydroxyl groups is 2. The summed E-state index contributed by atoms with van der Waals surface area (Å²) in [4.78, 5) is 10.8. The largest absolute Gasteiger partial charge is 0.504 e. The molecule has 4 N–H and O–H groups in total. The fourth-order valence-electron chi connectivity index (χ4n) is 3.33. The van der Waals surface area contributed by atoms with Crippen LogP contribution in [0.15, 0.2) is 107 Å². The number of carbonyl (C=O) groups is 1. The summed E-state index contributed by atoms with van der Waals surface area (Å²) in [5.41, 5.74) is 7.96. The van der Waals surface area contributed by atoms with Gasteiger partial charge in [-0.05, 0) is 65.9 Å². The summed E-state index contributed by atoms with van der Waals surface area (Å²) in [6.07, 6.45) is 1.93. The van der Waals surface area contributed by atoms with Crippen molar-refractivity contribution in [3.8, 4) is 22.6 Å². The molecule has 0 heterocycles. The van der Waals surface area contributed by atoms with Gasteiger partial charge in [0.1, 0.15) is 0 Å². The van der Waals surface area contributed by atoms with Crippen molar-refractivity contribution >= 4 is 18.2 Å². The molecule has 0 spiro atoms. The zero-order valence-electron chi connectivity index (χ0n) is 17.5. The Hall–Kier alpha value is -3.70. The van der Waals surface area contributed by atoms with E-state index < -0.39 is 0 Å². The molecule has 1 amide bonds. The van der Waals surface area contributed by atoms with Gasteiger partial charge in [0.25, 0.3) is 0 Å². The SMILES string of the molecule is NC=O.Oc1cc(CCc2ccccc2)cc(-c2cccc(Sc3ccccc3)c2)c1O. The first kappa shape index (κ1) is 23.0. The molecule has 4 rings (SSSR count). The standard InChI is InChI=1S/C26H22O2S.CH3NO/c27-25-17-20(15-14-19-8-3-1-4-9-19)16-24(26(25)28)21-10-7-13-23(18-21)29-22-11-5-2-6-12-22;2-1-3/h1-13,16-18,27-28H,14-15H2;1H,(H2,2,3). The highest BCUT2D eigenvalue weighted by molar-refractivity contribution is 7.99. The number of primary amides is 1. The van der Waals surface area contributed by atoms with Crippen molar-refractivity contribution in [1.29, 1.82) is 0 Å². The fourth-order valence-corrected chi connectivity index (χ4v) is 4.22. The first-order valence-electron chi connectivity index (χ1n) is 10.2. The van der Waals surface area contributed by atoms with E-state index >= 15 is 0 Å². The number of phenols is 2. The van der Waals surface area contributed by atoms with E-state index in [-0.39, 0.29) is 17.9 Å². The molecule has 0 saturated heterocycles. The van der Waals surface area contributed by atoms with Crippen LogP contribution in [0.3, 0.4) is 0 Å². The number of aryl methyl sites for hydroxylation is 2. The Morgan fingerprint density at radius 1 is 0.719 bits per heavy atom. The number of carbonyl (C=O) groups excluding carboxylic acids is 1. The normalized spacial score (nSPS) is 10.1. The molecule has 0 aliphatic carbocycles. The lowest BCUT2D eigenvalue weighted by atomic mass is 9.98. The number of hydrogen-bond donors (Lipinski definition) is 3. The van der Waals surface area contributed by atoms with Crippen LogP contribution >= 0.6 is 11.8 Å². The van der Waals surface area contributed by atoms with Crippen LogP contribution in [0.4, 0.5) is 0 Å². The van der Waals surface area contributed by atoms with E-state index in [0.717, 1.165) is 33.8 Å². The molecular formula is C27H25NO3S. The smallest absolute Gasteiger partial charge is 0.204 e. The fraction of sp³-hybridized carbons (Fsp3) is 0.0741. The van der Waals surface area contributed by atoms with Crippen molar-refractivity contribution in [3.63, 3.8) is 0 Å². The first-order chi connectivity index (χ1) is 15.6. The number of nitrogens with two attached hydrogens (primary N) is 1. The van der Waals surface area contributed by atoms with Gasteiger partial charge in [-0.15, -0.1) is 0 Å². The third kappa shape index (κ3) is 6.40. The van der Waals surface area contributed by atoms with E-state index in [4.69, 9.17) is 4.79 Å². The summed E-state index contributed by atoms with van der Waals surface area (Å²) < 4.78 is 0. The maximum absolute atomic E-state index is 10.5. The Balaban J connectivity index is 0.000000913. The minimum atomic E-state index is -0.0772. The lowest BCUT2D eigenvalue weighted by molar-refractivity contribution is -0.106. The number of phenolic OH excluding ortho intramolecular Hbond substituents is 2. The van der Waals surface area contributed by atoms with E-state index in [0.29, 0.717) is 5.56 Å². The average Bonchev–Trinajstić information content (AvgIpc) is 2.82. The monoisotopic (exact) mass is 443 g/mol. The van der Waals surface area contributed by atoms with Gasteiger partial charge >= 0.3 is 0 Å². The van der Waals surface area contributed by atoms with Crippen LogP contribution in [0.25, 0.3) is 11.1 Å². The van der Waals surface area contributed by atoms with Crippen LogP contribution in [0.5, 0.6) is 11.5 Å². The molecule has 0 bridgehead atoms. The molecule has 0 unspecified atom stereocenters. The second-order valence-electron chi connectivity index (χ2n) is 7.08. The Morgan fingerprint density at radius 2 is 1.31 bits per heavy atom. The van der Waals surface area contributed by atoms with Crippen LogP contribution in [-0.4, -0.2) is 16.6 Å². The van der Waals surface area contributed by atoms with E-state index in [9.17, 15) is 10.2 Å². The summed E-state index contributed by atoms with van der Waals surface area (Å²) in [5, 5.41) is 20.8. The lowest BCUT2D eigenvalue weighted by Gasteiger charge is -2.12. The highest BCUT2D eigenvalue weighted by Crippen LogP contribution is 2.39. The van der Waals surface area contributed by atoms with Crippen molar-refractivity contribution < 1.29 is 15.0 Å². The Bertz CT molecular complexity index is 1150. The quantitative estimate of drug-likeness (QED) is 0.260. The van der Waals surface area contributed by atoms with Gasteiger partial charge in [0.15, 0.2) is 11.5 Å². The zero-order valence-corrected chi connectivity index (χ0v) is 18.3. The van der Waals surface area contributed by atoms with Crippen molar-refractivity contribution in [2.75, 3.05) is 0 Å².